The van der Waals surface area contributed by atoms with Crippen molar-refractivity contribution in [2.75, 3.05) is 11.9 Å². The summed E-state index contributed by atoms with van der Waals surface area (Å²) in [5.41, 5.74) is 3.10. The van der Waals surface area contributed by atoms with E-state index in [1.54, 1.807) is 36.2 Å². The predicted octanol–water partition coefficient (Wildman–Crippen LogP) is 3.21. The van der Waals surface area contributed by atoms with E-state index in [-0.39, 0.29) is 30.6 Å². The Bertz CT molecular complexity index is 834. The molecule has 1 atom stereocenters. The normalized spacial score (nSPS) is 17.6. The van der Waals surface area contributed by atoms with Crippen LogP contribution in [0.4, 0.5) is 10.1 Å². The fourth-order valence-corrected chi connectivity index (χ4v) is 3.28. The lowest BCUT2D eigenvalue weighted by Crippen LogP contribution is -2.40. The highest BCUT2D eigenvalue weighted by atomic mass is 19.1. The molecule has 2 amide bonds. The van der Waals surface area contributed by atoms with Crippen LogP contribution >= 0.6 is 0 Å². The highest BCUT2D eigenvalue weighted by Crippen LogP contribution is 2.29. The molecule has 5 heteroatoms. The number of carbonyl (C=O) groups excluding carboxylic acids is 2. The van der Waals surface area contributed by atoms with Crippen molar-refractivity contribution in [3.05, 3.63) is 65.0 Å². The smallest absolute Gasteiger partial charge is 0.251 e. The number of halogens is 1. The summed E-state index contributed by atoms with van der Waals surface area (Å²) in [6, 6.07) is 11.5. The van der Waals surface area contributed by atoms with Crippen LogP contribution in [0.1, 0.15) is 23.1 Å². The van der Waals surface area contributed by atoms with Gasteiger partial charge >= 0.3 is 0 Å². The molecule has 0 saturated carbocycles. The summed E-state index contributed by atoms with van der Waals surface area (Å²) >= 11 is 0. The predicted molar refractivity (Wildman–Crippen MR) is 94.7 cm³/mol. The molecule has 0 N–H and O–H groups in total. The van der Waals surface area contributed by atoms with E-state index < -0.39 is 6.04 Å². The van der Waals surface area contributed by atoms with Crippen molar-refractivity contribution >= 4 is 17.5 Å². The van der Waals surface area contributed by atoms with Gasteiger partial charge in [-0.15, -0.1) is 0 Å². The van der Waals surface area contributed by atoms with Gasteiger partial charge in [0, 0.05) is 12.1 Å². The number of likely N-dealkylation sites (N-methyl/N-ethyl adjacent to an activating group) is 1. The Kier molecular flexibility index (Phi) is 4.68. The van der Waals surface area contributed by atoms with E-state index in [1.807, 2.05) is 26.0 Å². The third kappa shape index (κ3) is 3.33. The summed E-state index contributed by atoms with van der Waals surface area (Å²) in [6.07, 6.45) is 0.108. The first-order valence-electron chi connectivity index (χ1n) is 8.26. The second-order valence-electron chi connectivity index (χ2n) is 6.58. The molecule has 0 spiro atoms. The van der Waals surface area contributed by atoms with Gasteiger partial charge < -0.3 is 0 Å². The molecular formula is C20H21FN2O2. The highest BCUT2D eigenvalue weighted by molar-refractivity contribution is 6.22. The minimum atomic E-state index is -0.576. The van der Waals surface area contributed by atoms with Gasteiger partial charge in [-0.2, -0.15) is 0 Å². The van der Waals surface area contributed by atoms with Gasteiger partial charge in [0.05, 0.1) is 18.2 Å². The highest BCUT2D eigenvalue weighted by Gasteiger charge is 2.42. The standard InChI is InChI=1S/C20H21FN2O2/c1-13-8-9-17(14(2)10-13)23-19(24)11-18(20(23)25)22(3)12-15-6-4-5-7-16(15)21/h4-10,18H,11-12H2,1-3H3/t18-/m1/s1. The van der Waals surface area contributed by atoms with Crippen molar-refractivity contribution in [3.8, 4) is 0 Å². The Balaban J connectivity index is 1.82. The van der Waals surface area contributed by atoms with Crippen molar-refractivity contribution in [1.29, 1.82) is 0 Å². The second-order valence-corrected chi connectivity index (χ2v) is 6.58. The number of imide groups is 1. The van der Waals surface area contributed by atoms with Gasteiger partial charge in [0.2, 0.25) is 5.91 Å². The molecule has 0 bridgehead atoms. The number of anilines is 1. The first-order chi connectivity index (χ1) is 11.9. The van der Waals surface area contributed by atoms with E-state index in [1.165, 1.54) is 11.0 Å². The molecule has 130 valence electrons. The lowest BCUT2D eigenvalue weighted by molar-refractivity contribution is -0.122. The third-order valence-electron chi connectivity index (χ3n) is 4.63. The summed E-state index contributed by atoms with van der Waals surface area (Å²) in [4.78, 5) is 28.3. The van der Waals surface area contributed by atoms with Gasteiger partial charge in [-0.05, 0) is 38.6 Å². The maximum atomic E-state index is 13.9. The molecule has 3 rings (SSSR count). The molecule has 4 nitrogen and oxygen atoms in total. The molecule has 0 aromatic heterocycles. The van der Waals surface area contributed by atoms with E-state index in [4.69, 9.17) is 0 Å². The van der Waals surface area contributed by atoms with Crippen molar-refractivity contribution < 1.29 is 14.0 Å². The van der Waals surface area contributed by atoms with Gasteiger partial charge in [0.1, 0.15) is 5.82 Å². The second kappa shape index (κ2) is 6.76. The minimum Gasteiger partial charge on any atom is -0.290 e. The van der Waals surface area contributed by atoms with Crippen LogP contribution in [-0.4, -0.2) is 29.8 Å². The first-order valence-corrected chi connectivity index (χ1v) is 8.26. The Labute approximate surface area is 146 Å². The lowest BCUT2D eigenvalue weighted by atomic mass is 10.1. The van der Waals surface area contributed by atoms with E-state index in [0.29, 0.717) is 11.3 Å². The Morgan fingerprint density at radius 2 is 1.88 bits per heavy atom. The topological polar surface area (TPSA) is 40.6 Å². The number of aryl methyl sites for hydroxylation is 2. The van der Waals surface area contributed by atoms with Gasteiger partial charge in [0.25, 0.3) is 5.91 Å². The fraction of sp³-hybridized carbons (Fsp3) is 0.300. The number of amides is 2. The van der Waals surface area contributed by atoms with Crippen LogP contribution in [0.3, 0.4) is 0 Å². The number of carbonyl (C=O) groups is 2. The quantitative estimate of drug-likeness (QED) is 0.803. The Morgan fingerprint density at radius 3 is 2.56 bits per heavy atom. The van der Waals surface area contributed by atoms with Crippen molar-refractivity contribution in [2.45, 2.75) is 32.9 Å². The average Bonchev–Trinajstić information content (AvgIpc) is 2.85. The van der Waals surface area contributed by atoms with Gasteiger partial charge in [0.15, 0.2) is 0 Å². The average molecular weight is 340 g/mol. The summed E-state index contributed by atoms with van der Waals surface area (Å²) in [6.45, 7) is 4.13. The maximum Gasteiger partial charge on any atom is 0.251 e. The molecule has 25 heavy (non-hydrogen) atoms. The monoisotopic (exact) mass is 340 g/mol. The van der Waals surface area contributed by atoms with Crippen LogP contribution in [0.2, 0.25) is 0 Å². The number of hydrogen-bond donors (Lipinski definition) is 0. The number of nitrogens with zero attached hydrogens (tertiary/aromatic N) is 2. The van der Waals surface area contributed by atoms with Crippen LogP contribution in [0.5, 0.6) is 0 Å². The van der Waals surface area contributed by atoms with Crippen LogP contribution in [0, 0.1) is 19.7 Å². The third-order valence-corrected chi connectivity index (χ3v) is 4.63. The molecule has 0 radical (unpaired) electrons. The van der Waals surface area contributed by atoms with E-state index in [2.05, 4.69) is 0 Å². The molecule has 1 heterocycles. The van der Waals surface area contributed by atoms with E-state index in [0.717, 1.165) is 11.1 Å². The zero-order valence-electron chi connectivity index (χ0n) is 14.6. The zero-order valence-corrected chi connectivity index (χ0v) is 14.6. The van der Waals surface area contributed by atoms with Gasteiger partial charge in [-0.3, -0.25) is 14.5 Å². The van der Waals surface area contributed by atoms with E-state index >= 15 is 0 Å². The van der Waals surface area contributed by atoms with Gasteiger partial charge in [-0.1, -0.05) is 35.9 Å². The first kappa shape index (κ1) is 17.3. The van der Waals surface area contributed by atoms with Gasteiger partial charge in [-0.25, -0.2) is 9.29 Å². The largest absolute Gasteiger partial charge is 0.290 e. The molecule has 1 aliphatic rings. The summed E-state index contributed by atoms with van der Waals surface area (Å²) < 4.78 is 13.9. The molecule has 1 aliphatic heterocycles. The van der Waals surface area contributed by atoms with Crippen molar-refractivity contribution in [3.63, 3.8) is 0 Å². The molecular weight excluding hydrogens is 319 g/mol. The zero-order chi connectivity index (χ0) is 18.1. The lowest BCUT2D eigenvalue weighted by Gasteiger charge is -2.23. The number of hydrogen-bond acceptors (Lipinski definition) is 3. The molecule has 1 fully saturated rings. The van der Waals surface area contributed by atoms with Crippen molar-refractivity contribution in [2.24, 2.45) is 0 Å². The minimum absolute atomic E-state index is 0.108. The summed E-state index contributed by atoms with van der Waals surface area (Å²) in [5.74, 6) is -0.782. The molecule has 0 aliphatic carbocycles. The van der Waals surface area contributed by atoms with Crippen LogP contribution in [0.25, 0.3) is 0 Å². The van der Waals surface area contributed by atoms with E-state index in [9.17, 15) is 14.0 Å². The van der Waals surface area contributed by atoms with Crippen LogP contribution < -0.4 is 4.90 Å². The van der Waals surface area contributed by atoms with Crippen LogP contribution in [0.15, 0.2) is 42.5 Å². The SMILES string of the molecule is Cc1ccc(N2C(=O)C[C@@H](N(C)Cc3ccccc3F)C2=O)c(C)c1. The fourth-order valence-electron chi connectivity index (χ4n) is 3.28. The molecule has 2 aromatic rings. The number of benzene rings is 2. The molecule has 0 unspecified atom stereocenters. The summed E-state index contributed by atoms with van der Waals surface area (Å²) in [7, 11) is 1.74. The van der Waals surface area contributed by atoms with Crippen LogP contribution in [-0.2, 0) is 16.1 Å². The Morgan fingerprint density at radius 1 is 1.16 bits per heavy atom. The maximum absolute atomic E-state index is 13.9. The molecule has 2 aromatic carbocycles. The number of rotatable bonds is 4. The molecule has 1 saturated heterocycles. The van der Waals surface area contributed by atoms with Crippen molar-refractivity contribution in [1.82, 2.24) is 4.90 Å². The Hall–Kier alpha value is -2.53. The summed E-state index contributed by atoms with van der Waals surface area (Å²) in [5, 5.41) is 0.